The first kappa shape index (κ1) is 16.3. The molecule has 0 aliphatic rings. The molecule has 0 saturated heterocycles. The van der Waals surface area contributed by atoms with E-state index in [4.69, 9.17) is 9.25 Å². The highest BCUT2D eigenvalue weighted by molar-refractivity contribution is 7.98. The summed E-state index contributed by atoms with van der Waals surface area (Å²) in [6.07, 6.45) is 2.93. The monoisotopic (exact) mass is 319 g/mol. The van der Waals surface area contributed by atoms with Crippen LogP contribution in [0.25, 0.3) is 11.0 Å². The number of nitrogens with zero attached hydrogens (tertiary/aromatic N) is 1. The molecule has 0 atom stereocenters. The summed E-state index contributed by atoms with van der Waals surface area (Å²) in [4.78, 5) is 29.1. The van der Waals surface area contributed by atoms with Gasteiger partial charge in [-0.15, -0.1) is 11.8 Å². The topological polar surface area (TPSA) is 68.9 Å². The lowest BCUT2D eigenvalue weighted by atomic mass is 10.1. The maximum Gasteiger partial charge on any atom is 0.345 e. The third-order valence-electron chi connectivity index (χ3n) is 3.07. The van der Waals surface area contributed by atoms with E-state index < -0.39 is 11.6 Å². The Morgan fingerprint density at radius 1 is 1.36 bits per heavy atom. The van der Waals surface area contributed by atoms with Gasteiger partial charge < -0.3 is 9.25 Å². The van der Waals surface area contributed by atoms with Crippen LogP contribution >= 0.6 is 11.8 Å². The highest BCUT2D eigenvalue weighted by atomic mass is 32.2. The average molecular weight is 319 g/mol. The van der Waals surface area contributed by atoms with Crippen LogP contribution < -0.4 is 5.63 Å². The summed E-state index contributed by atoms with van der Waals surface area (Å²) in [5, 5.41) is 4.51. The molecule has 0 spiro atoms. The summed E-state index contributed by atoms with van der Waals surface area (Å²) in [5.74, 6) is -0.420. The number of carbonyl (C=O) groups is 1. The normalized spacial score (nSPS) is 11.7. The Hall–Kier alpha value is -2.08. The highest BCUT2D eigenvalue weighted by Crippen LogP contribution is 2.21. The molecule has 116 valence electrons. The lowest BCUT2D eigenvalue weighted by Gasteiger charge is -2.03. The van der Waals surface area contributed by atoms with Crippen LogP contribution in [0.4, 0.5) is 0 Å². The van der Waals surface area contributed by atoms with E-state index in [0.29, 0.717) is 24.1 Å². The van der Waals surface area contributed by atoms with Crippen molar-refractivity contribution in [3.05, 3.63) is 40.2 Å². The molecule has 2 aromatic rings. The van der Waals surface area contributed by atoms with E-state index in [1.165, 1.54) is 0 Å². The van der Waals surface area contributed by atoms with Crippen LogP contribution in [0, 0.1) is 0 Å². The van der Waals surface area contributed by atoms with E-state index in [-0.39, 0.29) is 5.56 Å². The quantitative estimate of drug-likeness (QED) is 0.277. The molecule has 0 N–H and O–H groups in total. The molecular weight excluding hydrogens is 302 g/mol. The molecule has 22 heavy (non-hydrogen) atoms. The van der Waals surface area contributed by atoms with Crippen molar-refractivity contribution in [2.75, 3.05) is 6.26 Å². The van der Waals surface area contributed by atoms with Gasteiger partial charge in [0.2, 0.25) is 0 Å². The van der Waals surface area contributed by atoms with E-state index >= 15 is 0 Å². The van der Waals surface area contributed by atoms with Crippen LogP contribution in [0.5, 0.6) is 0 Å². The van der Waals surface area contributed by atoms with Crippen LogP contribution in [0.15, 0.2) is 43.5 Å². The van der Waals surface area contributed by atoms with Gasteiger partial charge in [0.05, 0.1) is 11.3 Å². The van der Waals surface area contributed by atoms with Gasteiger partial charge in [-0.25, -0.2) is 9.59 Å². The first-order chi connectivity index (χ1) is 10.5. The van der Waals surface area contributed by atoms with Crippen molar-refractivity contribution in [3.8, 4) is 0 Å². The fourth-order valence-corrected chi connectivity index (χ4v) is 2.32. The molecule has 0 radical (unpaired) electrons. The zero-order valence-electron chi connectivity index (χ0n) is 12.7. The Labute approximate surface area is 132 Å². The molecule has 0 bridgehead atoms. The molecule has 0 aliphatic heterocycles. The zero-order chi connectivity index (χ0) is 16.1. The third-order valence-corrected chi connectivity index (χ3v) is 3.80. The predicted octanol–water partition coefficient (Wildman–Crippen LogP) is 3.58. The number of thioether (sulfide) groups is 1. The Balaban J connectivity index is 2.35. The minimum Gasteiger partial charge on any atom is -0.422 e. The largest absolute Gasteiger partial charge is 0.422 e. The smallest absolute Gasteiger partial charge is 0.345 e. The Bertz CT molecular complexity index is 779. The van der Waals surface area contributed by atoms with Crippen molar-refractivity contribution in [2.45, 2.75) is 31.6 Å². The van der Waals surface area contributed by atoms with E-state index in [9.17, 15) is 9.59 Å². The van der Waals surface area contributed by atoms with Crippen molar-refractivity contribution >= 4 is 34.4 Å². The van der Waals surface area contributed by atoms with Gasteiger partial charge in [-0.05, 0) is 37.8 Å². The molecule has 0 unspecified atom stereocenters. The second-order valence-corrected chi connectivity index (χ2v) is 5.62. The van der Waals surface area contributed by atoms with Crippen molar-refractivity contribution in [3.63, 3.8) is 0 Å². The second-order valence-electron chi connectivity index (χ2n) is 4.74. The van der Waals surface area contributed by atoms with E-state index in [1.807, 2.05) is 31.4 Å². The maximum absolute atomic E-state index is 12.0. The number of hydrogen-bond acceptors (Lipinski definition) is 6. The molecule has 1 heterocycles. The minimum atomic E-state index is -0.501. The lowest BCUT2D eigenvalue weighted by Crippen LogP contribution is -2.13. The number of oxime groups is 1. The predicted molar refractivity (Wildman–Crippen MR) is 87.5 cm³/mol. The van der Waals surface area contributed by atoms with E-state index in [0.717, 1.165) is 10.3 Å². The van der Waals surface area contributed by atoms with Crippen LogP contribution in [-0.4, -0.2) is 17.9 Å². The summed E-state index contributed by atoms with van der Waals surface area (Å²) in [5.41, 5.74) is 0.623. The van der Waals surface area contributed by atoms with Crippen LogP contribution in [0.1, 0.15) is 32.3 Å². The Kier molecular flexibility index (Phi) is 5.38. The SMILES string of the molecule is CCCC(=O)O/N=C(\C)c1cc2ccc(SC)cc2oc1=O. The van der Waals surface area contributed by atoms with E-state index in [2.05, 4.69) is 5.16 Å². The van der Waals surface area contributed by atoms with Crippen LogP contribution in [0.3, 0.4) is 0 Å². The summed E-state index contributed by atoms with van der Waals surface area (Å²) >= 11 is 1.57. The average Bonchev–Trinajstić information content (AvgIpc) is 2.51. The third kappa shape index (κ3) is 3.76. The van der Waals surface area contributed by atoms with Gasteiger partial charge in [0.15, 0.2) is 0 Å². The molecule has 0 saturated carbocycles. The second kappa shape index (κ2) is 7.26. The molecule has 2 rings (SSSR count). The van der Waals surface area contributed by atoms with Crippen molar-refractivity contribution in [2.24, 2.45) is 5.16 Å². The van der Waals surface area contributed by atoms with Crippen molar-refractivity contribution in [1.82, 2.24) is 0 Å². The molecule has 0 amide bonds. The van der Waals surface area contributed by atoms with Gasteiger partial charge in [0, 0.05) is 16.7 Å². The molecule has 6 heteroatoms. The van der Waals surface area contributed by atoms with E-state index in [1.54, 1.807) is 24.8 Å². The number of fused-ring (bicyclic) bond motifs is 1. The lowest BCUT2D eigenvalue weighted by molar-refractivity contribution is -0.143. The van der Waals surface area contributed by atoms with Crippen molar-refractivity contribution < 1.29 is 14.0 Å². The number of carbonyl (C=O) groups excluding carboxylic acids is 1. The fourth-order valence-electron chi connectivity index (χ4n) is 1.89. The number of benzene rings is 1. The zero-order valence-corrected chi connectivity index (χ0v) is 13.5. The summed E-state index contributed by atoms with van der Waals surface area (Å²) in [6.45, 7) is 3.48. The standard InChI is InChI=1S/C16H17NO4S/c1-4-5-15(18)21-17-10(2)13-8-11-6-7-12(22-3)9-14(11)20-16(13)19/h6-9H,4-5H2,1-3H3/b17-10+. The molecule has 1 aromatic heterocycles. The Morgan fingerprint density at radius 3 is 2.82 bits per heavy atom. The summed E-state index contributed by atoms with van der Waals surface area (Å²) < 4.78 is 5.32. The summed E-state index contributed by atoms with van der Waals surface area (Å²) in [7, 11) is 0. The van der Waals surface area contributed by atoms with Gasteiger partial charge in [-0.2, -0.15) is 0 Å². The highest BCUT2D eigenvalue weighted by Gasteiger charge is 2.10. The van der Waals surface area contributed by atoms with Gasteiger partial charge >= 0.3 is 11.6 Å². The first-order valence-corrected chi connectivity index (χ1v) is 8.14. The molecule has 1 aromatic carbocycles. The first-order valence-electron chi connectivity index (χ1n) is 6.92. The van der Waals surface area contributed by atoms with Crippen LogP contribution in [0.2, 0.25) is 0 Å². The maximum atomic E-state index is 12.0. The Morgan fingerprint density at radius 2 is 2.14 bits per heavy atom. The number of hydrogen-bond donors (Lipinski definition) is 0. The fraction of sp³-hybridized carbons (Fsp3) is 0.312. The van der Waals surface area contributed by atoms with Gasteiger partial charge in [0.25, 0.3) is 0 Å². The van der Waals surface area contributed by atoms with Gasteiger partial charge in [0.1, 0.15) is 5.58 Å². The van der Waals surface area contributed by atoms with Crippen molar-refractivity contribution in [1.29, 1.82) is 0 Å². The molecule has 0 aliphatic carbocycles. The van der Waals surface area contributed by atoms with Gasteiger partial charge in [-0.1, -0.05) is 18.1 Å². The number of rotatable bonds is 5. The minimum absolute atomic E-state index is 0.286. The molecular formula is C16H17NO4S. The summed E-state index contributed by atoms with van der Waals surface area (Å²) in [6, 6.07) is 7.34. The molecule has 0 fully saturated rings. The van der Waals surface area contributed by atoms with Gasteiger partial charge in [-0.3, -0.25) is 0 Å². The molecule has 5 nitrogen and oxygen atoms in total. The van der Waals surface area contributed by atoms with Crippen LogP contribution in [-0.2, 0) is 9.63 Å².